The number of hydrogen-bond acceptors (Lipinski definition) is 4. The molecule has 0 bridgehead atoms. The molecule has 3 aromatic rings. The van der Waals surface area contributed by atoms with E-state index in [1.165, 1.54) is 10.7 Å². The van der Waals surface area contributed by atoms with Crippen molar-refractivity contribution in [3.8, 4) is 17.0 Å². The Labute approximate surface area is 163 Å². The van der Waals surface area contributed by atoms with Crippen LogP contribution in [0.3, 0.4) is 0 Å². The summed E-state index contributed by atoms with van der Waals surface area (Å²) in [7, 11) is 1.56. The molecule has 6 heteroatoms. The lowest BCUT2D eigenvalue weighted by Crippen LogP contribution is -2.33. The maximum absolute atomic E-state index is 12.7. The van der Waals surface area contributed by atoms with Crippen LogP contribution in [0.25, 0.3) is 11.3 Å². The third kappa shape index (κ3) is 4.11. The molecule has 1 amide bonds. The maximum atomic E-state index is 12.7. The Bertz CT molecular complexity index is 1070. The number of nitrogens with zero attached hydrogens (tertiary/aromatic N) is 2. The number of aromatic nitrogens is 2. The van der Waals surface area contributed by atoms with E-state index in [0.29, 0.717) is 17.1 Å². The van der Waals surface area contributed by atoms with Crippen LogP contribution in [-0.4, -0.2) is 22.8 Å². The third-order valence-electron chi connectivity index (χ3n) is 4.58. The lowest BCUT2D eigenvalue weighted by molar-refractivity contribution is -0.119. The molecule has 1 atom stereocenters. The minimum absolute atomic E-state index is 0.331. The lowest BCUT2D eigenvalue weighted by Gasteiger charge is -2.16. The molecule has 0 aliphatic heterocycles. The predicted molar refractivity (Wildman–Crippen MR) is 110 cm³/mol. The van der Waals surface area contributed by atoms with E-state index in [-0.39, 0.29) is 11.5 Å². The fraction of sp³-hybridized carbons (Fsp3) is 0.227. The number of carbonyl (C=O) groups is 1. The second-order valence-electron chi connectivity index (χ2n) is 6.72. The molecule has 0 spiro atoms. The smallest absolute Gasteiger partial charge is 0.267 e. The number of aryl methyl sites for hydroxylation is 2. The Hall–Kier alpha value is -3.41. The van der Waals surface area contributed by atoms with Crippen LogP contribution >= 0.6 is 0 Å². The zero-order valence-electron chi connectivity index (χ0n) is 16.4. The molecule has 0 saturated heterocycles. The molecule has 1 N–H and O–H groups in total. The normalized spacial score (nSPS) is 11.7. The Morgan fingerprint density at radius 2 is 1.89 bits per heavy atom. The van der Waals surface area contributed by atoms with Gasteiger partial charge < -0.3 is 10.1 Å². The van der Waals surface area contributed by atoms with E-state index < -0.39 is 6.04 Å². The quantitative estimate of drug-likeness (QED) is 0.735. The highest BCUT2D eigenvalue weighted by atomic mass is 16.5. The van der Waals surface area contributed by atoms with Gasteiger partial charge in [0.1, 0.15) is 11.8 Å². The third-order valence-corrected chi connectivity index (χ3v) is 4.58. The standard InChI is InChI=1S/C22H23N3O3/c1-14-8-9-15(2)19(12-14)20-10-11-21(26)25(24-20)16(3)22(27)23-17-6-5-7-18(13-17)28-4/h5-13,16H,1-4H3,(H,23,27). The molecule has 1 heterocycles. The number of carbonyl (C=O) groups excluding carboxylic acids is 1. The fourth-order valence-electron chi connectivity index (χ4n) is 2.92. The van der Waals surface area contributed by atoms with Crippen molar-refractivity contribution in [1.82, 2.24) is 9.78 Å². The second kappa shape index (κ2) is 8.08. The summed E-state index contributed by atoms with van der Waals surface area (Å²) in [6.07, 6.45) is 0. The summed E-state index contributed by atoms with van der Waals surface area (Å²) in [6.45, 7) is 5.64. The molecule has 1 unspecified atom stereocenters. The van der Waals surface area contributed by atoms with Crippen molar-refractivity contribution >= 4 is 11.6 Å². The Morgan fingerprint density at radius 1 is 1.11 bits per heavy atom. The van der Waals surface area contributed by atoms with Gasteiger partial charge in [0.2, 0.25) is 5.91 Å². The van der Waals surface area contributed by atoms with Gasteiger partial charge in [-0.25, -0.2) is 4.68 Å². The lowest BCUT2D eigenvalue weighted by atomic mass is 10.0. The van der Waals surface area contributed by atoms with Gasteiger partial charge >= 0.3 is 0 Å². The fourth-order valence-corrected chi connectivity index (χ4v) is 2.92. The van der Waals surface area contributed by atoms with Crippen LogP contribution < -0.4 is 15.6 Å². The Kier molecular flexibility index (Phi) is 5.59. The first-order chi connectivity index (χ1) is 13.4. The average Bonchev–Trinajstić information content (AvgIpc) is 2.70. The molecule has 2 aromatic carbocycles. The van der Waals surface area contributed by atoms with Crippen molar-refractivity contribution in [3.63, 3.8) is 0 Å². The van der Waals surface area contributed by atoms with Crippen LogP contribution in [0.5, 0.6) is 5.75 Å². The van der Waals surface area contributed by atoms with Gasteiger partial charge in [-0.05, 0) is 50.6 Å². The van der Waals surface area contributed by atoms with Crippen molar-refractivity contribution in [2.75, 3.05) is 12.4 Å². The monoisotopic (exact) mass is 377 g/mol. The minimum Gasteiger partial charge on any atom is -0.497 e. The molecular formula is C22H23N3O3. The van der Waals surface area contributed by atoms with E-state index in [9.17, 15) is 9.59 Å². The zero-order valence-corrected chi connectivity index (χ0v) is 16.4. The molecule has 3 rings (SSSR count). The first kappa shape index (κ1) is 19.4. The first-order valence-corrected chi connectivity index (χ1v) is 9.01. The van der Waals surface area contributed by atoms with Crippen molar-refractivity contribution in [3.05, 3.63) is 76.1 Å². The van der Waals surface area contributed by atoms with Crippen molar-refractivity contribution in [1.29, 1.82) is 0 Å². The summed E-state index contributed by atoms with van der Waals surface area (Å²) in [6, 6.07) is 15.5. The van der Waals surface area contributed by atoms with E-state index >= 15 is 0 Å². The second-order valence-corrected chi connectivity index (χ2v) is 6.72. The molecular weight excluding hydrogens is 354 g/mol. The summed E-state index contributed by atoms with van der Waals surface area (Å²) in [4.78, 5) is 25.0. The van der Waals surface area contributed by atoms with Gasteiger partial charge in [-0.3, -0.25) is 9.59 Å². The van der Waals surface area contributed by atoms with Gasteiger partial charge in [0.15, 0.2) is 0 Å². The number of hydrogen-bond donors (Lipinski definition) is 1. The maximum Gasteiger partial charge on any atom is 0.267 e. The number of methoxy groups -OCH3 is 1. The topological polar surface area (TPSA) is 73.2 Å². The van der Waals surface area contributed by atoms with Crippen LogP contribution in [0, 0.1) is 13.8 Å². The van der Waals surface area contributed by atoms with Crippen molar-refractivity contribution in [2.24, 2.45) is 0 Å². The SMILES string of the molecule is COc1cccc(NC(=O)C(C)n2nc(-c3cc(C)ccc3C)ccc2=O)c1. The van der Waals surface area contributed by atoms with Crippen LogP contribution in [0.1, 0.15) is 24.1 Å². The molecule has 0 fully saturated rings. The van der Waals surface area contributed by atoms with E-state index in [4.69, 9.17) is 4.74 Å². The number of benzene rings is 2. The number of rotatable bonds is 5. The van der Waals surface area contributed by atoms with Crippen LogP contribution in [-0.2, 0) is 4.79 Å². The summed E-state index contributed by atoms with van der Waals surface area (Å²) < 4.78 is 6.38. The van der Waals surface area contributed by atoms with E-state index in [2.05, 4.69) is 10.4 Å². The van der Waals surface area contributed by atoms with Gasteiger partial charge in [-0.1, -0.05) is 23.8 Å². The van der Waals surface area contributed by atoms with Gasteiger partial charge in [-0.2, -0.15) is 5.10 Å². The summed E-state index contributed by atoms with van der Waals surface area (Å²) in [5.41, 5.74) is 4.01. The number of amides is 1. The summed E-state index contributed by atoms with van der Waals surface area (Å²) in [5, 5.41) is 7.26. The molecule has 144 valence electrons. The van der Waals surface area contributed by atoms with Gasteiger partial charge in [0, 0.05) is 23.4 Å². The molecule has 0 aliphatic carbocycles. The van der Waals surface area contributed by atoms with Crippen molar-refractivity contribution < 1.29 is 9.53 Å². The highest BCUT2D eigenvalue weighted by Crippen LogP contribution is 2.22. The number of ether oxygens (including phenoxy) is 1. The molecule has 0 aliphatic rings. The first-order valence-electron chi connectivity index (χ1n) is 9.01. The van der Waals surface area contributed by atoms with E-state index in [0.717, 1.165) is 16.7 Å². The molecule has 0 saturated carbocycles. The molecule has 28 heavy (non-hydrogen) atoms. The highest BCUT2D eigenvalue weighted by Gasteiger charge is 2.19. The largest absolute Gasteiger partial charge is 0.497 e. The summed E-state index contributed by atoms with van der Waals surface area (Å²) >= 11 is 0. The molecule has 6 nitrogen and oxygen atoms in total. The van der Waals surface area contributed by atoms with E-state index in [1.54, 1.807) is 44.4 Å². The Morgan fingerprint density at radius 3 is 2.64 bits per heavy atom. The van der Waals surface area contributed by atoms with Gasteiger partial charge in [0.05, 0.1) is 12.8 Å². The van der Waals surface area contributed by atoms with Crippen LogP contribution in [0.4, 0.5) is 5.69 Å². The van der Waals surface area contributed by atoms with Gasteiger partial charge in [-0.15, -0.1) is 0 Å². The summed E-state index contributed by atoms with van der Waals surface area (Å²) in [5.74, 6) is 0.304. The predicted octanol–water partition coefficient (Wildman–Crippen LogP) is 3.74. The number of anilines is 1. The minimum atomic E-state index is -0.774. The van der Waals surface area contributed by atoms with Crippen LogP contribution in [0.15, 0.2) is 59.4 Å². The van der Waals surface area contributed by atoms with Gasteiger partial charge in [0.25, 0.3) is 5.56 Å². The molecule has 0 radical (unpaired) electrons. The zero-order chi connectivity index (χ0) is 20.3. The van der Waals surface area contributed by atoms with E-state index in [1.807, 2.05) is 32.0 Å². The Balaban J connectivity index is 1.90. The highest BCUT2D eigenvalue weighted by molar-refractivity contribution is 5.93. The molecule has 1 aromatic heterocycles. The van der Waals surface area contributed by atoms with Crippen LogP contribution in [0.2, 0.25) is 0 Å². The number of nitrogens with one attached hydrogen (secondary N) is 1. The average molecular weight is 377 g/mol. The van der Waals surface area contributed by atoms with Crippen molar-refractivity contribution in [2.45, 2.75) is 26.8 Å².